The van der Waals surface area contributed by atoms with Crippen molar-refractivity contribution in [3.05, 3.63) is 53.0 Å². The minimum atomic E-state index is -1.22. The lowest BCUT2D eigenvalue weighted by Crippen LogP contribution is -2.19. The number of imide groups is 1. The first-order chi connectivity index (χ1) is 15.4. The molecular formula is C21H17FN6O4. The highest BCUT2D eigenvalue weighted by atomic mass is 19.1. The molecule has 0 spiro atoms. The van der Waals surface area contributed by atoms with Gasteiger partial charge in [-0.05, 0) is 37.1 Å². The maximum absolute atomic E-state index is 14.4. The standard InChI is InChI=1S/C21H17FN6O4/c22-14-6-10(21(31)32)1-4-15(14)25-16-8-17(24-13-2-3-13)28-19(26-16)12(9-23-28)5-11-7-18(29)27-20(11)30/h1,4-6,8-9,13,24H,2-3,7H2,(H,25,26)(H,31,32)(H,27,29,30)/b11-5+. The molecule has 5 rings (SSSR count). The van der Waals surface area contributed by atoms with Gasteiger partial charge in [0.2, 0.25) is 5.91 Å². The quantitative estimate of drug-likeness (QED) is 0.341. The number of carboxylic acids is 1. The highest BCUT2D eigenvalue weighted by Crippen LogP contribution is 2.29. The Kier molecular flexibility index (Phi) is 4.58. The van der Waals surface area contributed by atoms with E-state index in [-0.39, 0.29) is 23.6 Å². The first-order valence-electron chi connectivity index (χ1n) is 9.87. The van der Waals surface area contributed by atoms with Gasteiger partial charge < -0.3 is 15.7 Å². The number of benzene rings is 1. The zero-order chi connectivity index (χ0) is 22.4. The van der Waals surface area contributed by atoms with Gasteiger partial charge in [-0.15, -0.1) is 0 Å². The fourth-order valence-electron chi connectivity index (χ4n) is 3.38. The van der Waals surface area contributed by atoms with Crippen LogP contribution in [0.1, 0.15) is 35.2 Å². The molecule has 1 aliphatic heterocycles. The molecule has 10 nitrogen and oxygen atoms in total. The summed E-state index contributed by atoms with van der Waals surface area (Å²) < 4.78 is 16.0. The van der Waals surface area contributed by atoms with Crippen LogP contribution in [0.25, 0.3) is 11.7 Å². The number of halogens is 1. The minimum absolute atomic E-state index is 0.0254. The van der Waals surface area contributed by atoms with Gasteiger partial charge in [0.05, 0.1) is 23.9 Å². The number of aromatic carboxylic acids is 1. The first kappa shape index (κ1) is 19.7. The summed E-state index contributed by atoms with van der Waals surface area (Å²) in [6.07, 6.45) is 5.09. The van der Waals surface area contributed by atoms with Crippen LogP contribution in [-0.2, 0) is 9.59 Å². The van der Waals surface area contributed by atoms with E-state index >= 15 is 0 Å². The molecule has 2 fully saturated rings. The molecule has 2 aromatic heterocycles. The number of fused-ring (bicyclic) bond motifs is 1. The zero-order valence-electron chi connectivity index (χ0n) is 16.6. The average Bonchev–Trinajstić information content (AvgIpc) is 3.38. The van der Waals surface area contributed by atoms with Crippen LogP contribution < -0.4 is 16.0 Å². The molecule has 32 heavy (non-hydrogen) atoms. The van der Waals surface area contributed by atoms with Crippen molar-refractivity contribution in [3.8, 4) is 0 Å². The minimum Gasteiger partial charge on any atom is -0.478 e. The number of aromatic nitrogens is 3. The van der Waals surface area contributed by atoms with E-state index in [1.807, 2.05) is 0 Å². The van der Waals surface area contributed by atoms with E-state index in [4.69, 9.17) is 5.11 Å². The van der Waals surface area contributed by atoms with Gasteiger partial charge in [-0.3, -0.25) is 14.9 Å². The van der Waals surface area contributed by atoms with Crippen molar-refractivity contribution >= 4 is 46.8 Å². The Morgan fingerprint density at radius 3 is 2.75 bits per heavy atom. The molecule has 0 bridgehead atoms. The molecule has 1 aliphatic carbocycles. The van der Waals surface area contributed by atoms with Crippen LogP contribution in [0.5, 0.6) is 0 Å². The maximum Gasteiger partial charge on any atom is 0.335 e. The predicted molar refractivity (Wildman–Crippen MR) is 112 cm³/mol. The van der Waals surface area contributed by atoms with Crippen LogP contribution in [-0.4, -0.2) is 43.5 Å². The van der Waals surface area contributed by atoms with Crippen molar-refractivity contribution in [2.24, 2.45) is 0 Å². The van der Waals surface area contributed by atoms with Gasteiger partial charge in [0, 0.05) is 23.2 Å². The van der Waals surface area contributed by atoms with E-state index < -0.39 is 17.7 Å². The van der Waals surface area contributed by atoms with Crippen LogP contribution in [0.4, 0.5) is 21.7 Å². The number of carboxylic acid groups (broad SMARTS) is 1. The summed E-state index contributed by atoms with van der Waals surface area (Å²) in [6.45, 7) is 0. The lowest BCUT2D eigenvalue weighted by atomic mass is 10.1. The summed E-state index contributed by atoms with van der Waals surface area (Å²) in [5, 5.41) is 21.8. The summed E-state index contributed by atoms with van der Waals surface area (Å²) in [7, 11) is 0. The molecule has 2 aliphatic rings. The summed E-state index contributed by atoms with van der Waals surface area (Å²) in [4.78, 5) is 39.0. The molecule has 3 heterocycles. The van der Waals surface area contributed by atoms with Crippen molar-refractivity contribution < 1.29 is 23.9 Å². The van der Waals surface area contributed by atoms with E-state index in [0.29, 0.717) is 34.5 Å². The van der Waals surface area contributed by atoms with E-state index in [9.17, 15) is 18.8 Å². The molecule has 0 atom stereocenters. The molecule has 0 unspecified atom stereocenters. The summed E-state index contributed by atoms with van der Waals surface area (Å²) >= 11 is 0. The van der Waals surface area contributed by atoms with Crippen LogP contribution in [0.2, 0.25) is 0 Å². The monoisotopic (exact) mass is 436 g/mol. The first-order valence-corrected chi connectivity index (χ1v) is 9.87. The van der Waals surface area contributed by atoms with Crippen molar-refractivity contribution in [2.75, 3.05) is 10.6 Å². The molecule has 11 heteroatoms. The molecule has 1 aromatic carbocycles. The molecule has 162 valence electrons. The second kappa shape index (κ2) is 7.45. The van der Waals surface area contributed by atoms with Crippen molar-refractivity contribution in [1.29, 1.82) is 0 Å². The molecule has 3 aromatic rings. The van der Waals surface area contributed by atoms with Crippen LogP contribution in [0, 0.1) is 5.82 Å². The Morgan fingerprint density at radius 1 is 1.28 bits per heavy atom. The van der Waals surface area contributed by atoms with E-state index in [0.717, 1.165) is 18.9 Å². The number of hydrogen-bond acceptors (Lipinski definition) is 7. The second-order valence-corrected chi connectivity index (χ2v) is 7.63. The van der Waals surface area contributed by atoms with Crippen LogP contribution >= 0.6 is 0 Å². The Bertz CT molecular complexity index is 1330. The lowest BCUT2D eigenvalue weighted by Gasteiger charge is -2.12. The fourth-order valence-corrected chi connectivity index (χ4v) is 3.38. The number of carbonyl (C=O) groups excluding carboxylic acids is 2. The van der Waals surface area contributed by atoms with Gasteiger partial charge in [-0.25, -0.2) is 14.2 Å². The normalized spacial score (nSPS) is 17.1. The predicted octanol–water partition coefficient (Wildman–Crippen LogP) is 2.31. The third-order valence-corrected chi connectivity index (χ3v) is 5.13. The SMILES string of the molecule is O=C1C/C(=C\c2cnn3c(NC4CC4)cc(Nc4ccc(C(=O)O)cc4F)nc23)C(=O)N1. The number of amides is 2. The number of rotatable bonds is 6. The molecule has 1 saturated carbocycles. The topological polar surface area (TPSA) is 138 Å². The van der Waals surface area contributed by atoms with Crippen LogP contribution in [0.3, 0.4) is 0 Å². The van der Waals surface area contributed by atoms with E-state index in [1.54, 1.807) is 16.7 Å². The average molecular weight is 436 g/mol. The van der Waals surface area contributed by atoms with Gasteiger partial charge in [0.1, 0.15) is 17.5 Å². The summed E-state index contributed by atoms with van der Waals surface area (Å²) in [5.41, 5.74) is 1.12. The van der Waals surface area contributed by atoms with Crippen molar-refractivity contribution in [1.82, 2.24) is 19.9 Å². The molecular weight excluding hydrogens is 419 g/mol. The Hall–Kier alpha value is -4.28. The number of anilines is 3. The lowest BCUT2D eigenvalue weighted by molar-refractivity contribution is -0.124. The highest BCUT2D eigenvalue weighted by molar-refractivity contribution is 6.15. The smallest absolute Gasteiger partial charge is 0.335 e. The molecule has 0 radical (unpaired) electrons. The number of carbonyl (C=O) groups is 3. The Morgan fingerprint density at radius 2 is 2.09 bits per heavy atom. The van der Waals surface area contributed by atoms with Crippen molar-refractivity contribution in [3.63, 3.8) is 0 Å². The largest absolute Gasteiger partial charge is 0.478 e. The van der Waals surface area contributed by atoms with Gasteiger partial charge in [-0.2, -0.15) is 9.61 Å². The van der Waals surface area contributed by atoms with E-state index in [1.165, 1.54) is 18.3 Å². The van der Waals surface area contributed by atoms with Gasteiger partial charge in [0.15, 0.2) is 5.65 Å². The molecule has 4 N–H and O–H groups in total. The Labute approximate surface area is 180 Å². The van der Waals surface area contributed by atoms with E-state index in [2.05, 4.69) is 26.0 Å². The molecule has 1 saturated heterocycles. The number of nitrogens with one attached hydrogen (secondary N) is 3. The zero-order valence-corrected chi connectivity index (χ0v) is 16.6. The maximum atomic E-state index is 14.4. The van der Waals surface area contributed by atoms with Gasteiger partial charge in [0.25, 0.3) is 5.91 Å². The molecule has 2 amide bonds. The van der Waals surface area contributed by atoms with Crippen LogP contribution in [0.15, 0.2) is 36.0 Å². The van der Waals surface area contributed by atoms with Crippen molar-refractivity contribution in [2.45, 2.75) is 25.3 Å². The third-order valence-electron chi connectivity index (χ3n) is 5.13. The number of hydrogen-bond donors (Lipinski definition) is 4. The summed E-state index contributed by atoms with van der Waals surface area (Å²) in [6, 6.07) is 5.51. The Balaban J connectivity index is 1.55. The summed E-state index contributed by atoms with van der Waals surface area (Å²) in [5.74, 6) is -1.86. The third kappa shape index (κ3) is 3.75. The van der Waals surface area contributed by atoms with Gasteiger partial charge >= 0.3 is 5.97 Å². The highest BCUT2D eigenvalue weighted by Gasteiger charge is 2.26. The van der Waals surface area contributed by atoms with Gasteiger partial charge in [-0.1, -0.05) is 0 Å². The second-order valence-electron chi connectivity index (χ2n) is 7.63. The number of nitrogens with zero attached hydrogens (tertiary/aromatic N) is 3. The fraction of sp³-hybridized carbons (Fsp3) is 0.190.